The van der Waals surface area contributed by atoms with Crippen LogP contribution in [-0.2, 0) is 0 Å². The highest BCUT2D eigenvalue weighted by atomic mass is 35.5. The van der Waals surface area contributed by atoms with Crippen LogP contribution in [0, 0.1) is 17.2 Å². The van der Waals surface area contributed by atoms with E-state index < -0.39 is 0 Å². The second-order valence-electron chi connectivity index (χ2n) is 3.98. The minimum absolute atomic E-state index is 0.373. The van der Waals surface area contributed by atoms with Gasteiger partial charge in [-0.2, -0.15) is 5.26 Å². The van der Waals surface area contributed by atoms with Crippen LogP contribution in [0.15, 0.2) is 18.2 Å². The molecule has 2 nitrogen and oxygen atoms in total. The number of hydrogen-bond donors (Lipinski definition) is 1. The van der Waals surface area contributed by atoms with Gasteiger partial charge in [-0.05, 0) is 31.0 Å². The van der Waals surface area contributed by atoms with E-state index in [0.717, 1.165) is 5.69 Å². The van der Waals surface area contributed by atoms with E-state index in [2.05, 4.69) is 32.2 Å². The average Bonchev–Trinajstić information content (AvgIpc) is 2.20. The van der Waals surface area contributed by atoms with Crippen LogP contribution in [-0.4, -0.2) is 6.04 Å². The summed E-state index contributed by atoms with van der Waals surface area (Å²) in [4.78, 5) is 0. The van der Waals surface area contributed by atoms with Gasteiger partial charge in [-0.3, -0.25) is 0 Å². The van der Waals surface area contributed by atoms with E-state index in [9.17, 15) is 0 Å². The van der Waals surface area contributed by atoms with Crippen molar-refractivity contribution in [1.29, 1.82) is 5.26 Å². The summed E-state index contributed by atoms with van der Waals surface area (Å²) in [6.07, 6.45) is 0. The molecule has 0 heterocycles. The number of anilines is 1. The summed E-state index contributed by atoms with van der Waals surface area (Å²) in [5, 5.41) is 12.7. The highest BCUT2D eigenvalue weighted by Crippen LogP contribution is 2.21. The third kappa shape index (κ3) is 3.14. The third-order valence-corrected chi connectivity index (χ3v) is 2.81. The highest BCUT2D eigenvalue weighted by molar-refractivity contribution is 6.31. The molecule has 0 aliphatic carbocycles. The Morgan fingerprint density at radius 2 is 2.00 bits per heavy atom. The van der Waals surface area contributed by atoms with Crippen molar-refractivity contribution >= 4 is 17.3 Å². The molecule has 1 unspecified atom stereocenters. The fourth-order valence-electron chi connectivity index (χ4n) is 1.13. The van der Waals surface area contributed by atoms with Crippen LogP contribution in [0.3, 0.4) is 0 Å². The maximum absolute atomic E-state index is 8.82. The molecule has 0 saturated heterocycles. The molecule has 0 aliphatic rings. The minimum Gasteiger partial charge on any atom is -0.382 e. The summed E-state index contributed by atoms with van der Waals surface area (Å²) < 4.78 is 0. The van der Waals surface area contributed by atoms with Crippen molar-refractivity contribution in [2.45, 2.75) is 26.8 Å². The van der Waals surface area contributed by atoms with E-state index in [1.807, 2.05) is 6.07 Å². The fourth-order valence-corrected chi connectivity index (χ4v) is 1.29. The molecule has 0 aromatic heterocycles. The first kappa shape index (κ1) is 11.9. The maximum Gasteiger partial charge on any atom is 0.101 e. The smallest absolute Gasteiger partial charge is 0.101 e. The number of nitriles is 1. The zero-order valence-electron chi connectivity index (χ0n) is 9.21. The van der Waals surface area contributed by atoms with Gasteiger partial charge in [0.25, 0.3) is 0 Å². The normalized spacial score (nSPS) is 12.3. The fraction of sp³-hybridized carbons (Fsp3) is 0.417. The molecule has 0 radical (unpaired) electrons. The Labute approximate surface area is 95.9 Å². The maximum atomic E-state index is 8.82. The molecule has 0 saturated carbocycles. The van der Waals surface area contributed by atoms with Crippen molar-refractivity contribution in [1.82, 2.24) is 0 Å². The average molecular weight is 223 g/mol. The van der Waals surface area contributed by atoms with E-state index in [1.54, 1.807) is 12.1 Å². The topological polar surface area (TPSA) is 35.8 Å². The number of nitrogens with zero attached hydrogens (tertiary/aromatic N) is 1. The largest absolute Gasteiger partial charge is 0.382 e. The van der Waals surface area contributed by atoms with Gasteiger partial charge in [0.15, 0.2) is 0 Å². The molecule has 3 heteroatoms. The van der Waals surface area contributed by atoms with Gasteiger partial charge in [-0.1, -0.05) is 25.4 Å². The lowest BCUT2D eigenvalue weighted by molar-refractivity contribution is 0.560. The lowest BCUT2D eigenvalue weighted by Gasteiger charge is -2.18. The number of hydrogen-bond acceptors (Lipinski definition) is 2. The molecule has 0 fully saturated rings. The molecule has 1 aromatic rings. The summed E-state index contributed by atoms with van der Waals surface area (Å²) in [5.41, 5.74) is 1.45. The van der Waals surface area contributed by atoms with Crippen LogP contribution in [0.4, 0.5) is 5.69 Å². The zero-order chi connectivity index (χ0) is 11.4. The lowest BCUT2D eigenvalue weighted by Crippen LogP contribution is -2.21. The van der Waals surface area contributed by atoms with Crippen LogP contribution in [0.5, 0.6) is 0 Å². The van der Waals surface area contributed by atoms with Crippen LogP contribution in [0.2, 0.25) is 5.02 Å². The predicted octanol–water partition coefficient (Wildman–Crippen LogP) is 3.67. The Balaban J connectivity index is 2.84. The number of rotatable bonds is 3. The van der Waals surface area contributed by atoms with E-state index in [0.29, 0.717) is 22.5 Å². The van der Waals surface area contributed by atoms with Crippen LogP contribution in [0.25, 0.3) is 0 Å². The molecule has 80 valence electrons. The Morgan fingerprint density at radius 3 is 2.53 bits per heavy atom. The first-order chi connectivity index (χ1) is 7.04. The summed E-state index contributed by atoms with van der Waals surface area (Å²) in [7, 11) is 0. The van der Waals surface area contributed by atoms with Gasteiger partial charge in [-0.15, -0.1) is 0 Å². The van der Waals surface area contributed by atoms with Crippen molar-refractivity contribution in [3.8, 4) is 6.07 Å². The van der Waals surface area contributed by atoms with Gasteiger partial charge < -0.3 is 5.32 Å². The Hall–Kier alpha value is -1.20. The zero-order valence-corrected chi connectivity index (χ0v) is 9.97. The van der Waals surface area contributed by atoms with Gasteiger partial charge in [0.1, 0.15) is 6.07 Å². The second kappa shape index (κ2) is 5.04. The van der Waals surface area contributed by atoms with Gasteiger partial charge in [0, 0.05) is 11.7 Å². The molecule has 0 amide bonds. The molecule has 0 spiro atoms. The molecular formula is C12H15ClN2. The molecule has 0 bridgehead atoms. The summed E-state index contributed by atoms with van der Waals surface area (Å²) in [5.74, 6) is 0.547. The van der Waals surface area contributed by atoms with Crippen molar-refractivity contribution < 1.29 is 0 Å². The SMILES string of the molecule is CC(C)C(C)Nc1ccc(Cl)c(C#N)c1. The van der Waals surface area contributed by atoms with E-state index in [-0.39, 0.29) is 0 Å². The molecule has 0 aliphatic heterocycles. The first-order valence-electron chi connectivity index (χ1n) is 5.00. The van der Waals surface area contributed by atoms with Gasteiger partial charge in [0.05, 0.1) is 10.6 Å². The Morgan fingerprint density at radius 1 is 1.33 bits per heavy atom. The van der Waals surface area contributed by atoms with Gasteiger partial charge >= 0.3 is 0 Å². The molecule has 1 aromatic carbocycles. The van der Waals surface area contributed by atoms with Crippen molar-refractivity contribution in [2.24, 2.45) is 5.92 Å². The van der Waals surface area contributed by atoms with Gasteiger partial charge in [-0.25, -0.2) is 0 Å². The first-order valence-corrected chi connectivity index (χ1v) is 5.38. The van der Waals surface area contributed by atoms with E-state index >= 15 is 0 Å². The van der Waals surface area contributed by atoms with Crippen molar-refractivity contribution in [3.05, 3.63) is 28.8 Å². The minimum atomic E-state index is 0.373. The quantitative estimate of drug-likeness (QED) is 0.847. The number of benzene rings is 1. The van der Waals surface area contributed by atoms with Crippen molar-refractivity contribution in [2.75, 3.05) is 5.32 Å². The molecule has 1 atom stereocenters. The van der Waals surface area contributed by atoms with Crippen molar-refractivity contribution in [3.63, 3.8) is 0 Å². The van der Waals surface area contributed by atoms with Crippen LogP contribution in [0.1, 0.15) is 26.3 Å². The Kier molecular flexibility index (Phi) is 3.99. The number of nitrogens with one attached hydrogen (secondary N) is 1. The van der Waals surface area contributed by atoms with Crippen LogP contribution < -0.4 is 5.32 Å². The summed E-state index contributed by atoms with van der Waals surface area (Å²) >= 11 is 5.85. The monoisotopic (exact) mass is 222 g/mol. The van der Waals surface area contributed by atoms with Gasteiger partial charge in [0.2, 0.25) is 0 Å². The third-order valence-electron chi connectivity index (χ3n) is 2.48. The summed E-state index contributed by atoms with van der Waals surface area (Å²) in [6.45, 7) is 6.42. The summed E-state index contributed by atoms with van der Waals surface area (Å²) in [6, 6.07) is 7.85. The highest BCUT2D eigenvalue weighted by Gasteiger charge is 2.07. The molecule has 1 rings (SSSR count). The molecular weight excluding hydrogens is 208 g/mol. The second-order valence-corrected chi connectivity index (χ2v) is 4.39. The molecule has 1 N–H and O–H groups in total. The lowest BCUT2D eigenvalue weighted by atomic mass is 10.1. The van der Waals surface area contributed by atoms with E-state index in [1.165, 1.54) is 0 Å². The van der Waals surface area contributed by atoms with Crippen LogP contribution >= 0.6 is 11.6 Å². The Bertz CT molecular complexity index is 380. The van der Waals surface area contributed by atoms with E-state index in [4.69, 9.17) is 16.9 Å². The molecule has 15 heavy (non-hydrogen) atoms. The standard InChI is InChI=1S/C12H15ClN2/c1-8(2)9(3)15-11-4-5-12(13)10(6-11)7-14/h4-6,8-9,15H,1-3H3. The number of halogens is 1. The predicted molar refractivity (Wildman–Crippen MR) is 64.1 cm³/mol.